The molecule has 0 radical (unpaired) electrons. The second kappa shape index (κ2) is 8.17. The Morgan fingerprint density at radius 2 is 1.39 bits per heavy atom. The number of rotatable bonds is 4. The van der Waals surface area contributed by atoms with Crippen LogP contribution in [0.3, 0.4) is 0 Å². The third kappa shape index (κ3) is 7.36. The minimum absolute atomic E-state index is 0. The van der Waals surface area contributed by atoms with Gasteiger partial charge in [0.15, 0.2) is 0 Å². The van der Waals surface area contributed by atoms with Crippen molar-refractivity contribution in [2.75, 3.05) is 13.2 Å². The summed E-state index contributed by atoms with van der Waals surface area (Å²) in [6.07, 6.45) is -1.60. The number of hydrogen-bond donors (Lipinski definition) is 0. The zero-order chi connectivity index (χ0) is 12.7. The fourth-order valence-electron chi connectivity index (χ4n) is 0.742. The van der Waals surface area contributed by atoms with Crippen molar-refractivity contribution in [2.24, 2.45) is 0 Å². The standard InChI is InChI=1S/C11H10O6.Ti/c1-9(12)5-3-7-14-11(16-17-11)15-8-4-6-10(2)13;/h7-8H2,1-2H3;. The van der Waals surface area contributed by atoms with Gasteiger partial charge in [-0.25, -0.2) is 0 Å². The molecule has 1 aliphatic heterocycles. The summed E-state index contributed by atoms with van der Waals surface area (Å²) in [5, 5.41) is 0. The van der Waals surface area contributed by atoms with Crippen molar-refractivity contribution in [1.82, 2.24) is 0 Å². The molecule has 1 fully saturated rings. The Hall–Kier alpha value is -0.986. The quantitative estimate of drug-likeness (QED) is 0.177. The molecule has 1 aliphatic rings. The number of ketones is 2. The molecule has 0 bridgehead atoms. The molecule has 0 amide bonds. The van der Waals surface area contributed by atoms with Crippen LogP contribution < -0.4 is 0 Å². The third-order valence-electron chi connectivity index (χ3n) is 1.39. The van der Waals surface area contributed by atoms with Gasteiger partial charge in [0.05, 0.1) is 0 Å². The Balaban J connectivity index is 0.00000289. The summed E-state index contributed by atoms with van der Waals surface area (Å²) in [5.74, 6) is 8.89. The van der Waals surface area contributed by atoms with E-state index in [4.69, 9.17) is 9.47 Å². The van der Waals surface area contributed by atoms with E-state index in [1.54, 1.807) is 0 Å². The van der Waals surface area contributed by atoms with Gasteiger partial charge in [-0.05, 0) is 11.8 Å². The van der Waals surface area contributed by atoms with E-state index in [9.17, 15) is 9.59 Å². The smallest absolute Gasteiger partial charge is 0.286 e. The van der Waals surface area contributed by atoms with Crippen molar-refractivity contribution >= 4 is 11.6 Å². The van der Waals surface area contributed by atoms with Crippen LogP contribution in [0.5, 0.6) is 0 Å². The molecule has 0 unspecified atom stereocenters. The average molecular weight is 286 g/mol. The molecule has 1 heterocycles. The van der Waals surface area contributed by atoms with Crippen molar-refractivity contribution < 1.29 is 50.6 Å². The summed E-state index contributed by atoms with van der Waals surface area (Å²) < 4.78 is 9.91. The van der Waals surface area contributed by atoms with Gasteiger partial charge in [-0.1, -0.05) is 11.8 Å². The molecule has 0 aromatic carbocycles. The predicted octanol–water partition coefficient (Wildman–Crippen LogP) is -0.225. The Labute approximate surface area is 119 Å². The van der Waals surface area contributed by atoms with Crippen LogP contribution in [0.2, 0.25) is 0 Å². The van der Waals surface area contributed by atoms with E-state index < -0.39 is 6.16 Å². The number of carbonyl (C=O) groups excluding carboxylic acids is 2. The minimum Gasteiger partial charge on any atom is -0.286 e. The minimum atomic E-state index is -1.60. The molecule has 0 aliphatic carbocycles. The topological polar surface area (TPSA) is 77.7 Å². The van der Waals surface area contributed by atoms with Crippen LogP contribution in [-0.4, -0.2) is 30.9 Å². The molecule has 7 heteroatoms. The largest absolute Gasteiger partial charge is 0.468 e. The van der Waals surface area contributed by atoms with E-state index in [-0.39, 0.29) is 46.5 Å². The second-order valence-electron chi connectivity index (χ2n) is 2.96. The Morgan fingerprint density at radius 1 is 1.00 bits per heavy atom. The van der Waals surface area contributed by atoms with Crippen LogP contribution in [0.1, 0.15) is 13.8 Å². The van der Waals surface area contributed by atoms with E-state index in [0.29, 0.717) is 0 Å². The van der Waals surface area contributed by atoms with Crippen molar-refractivity contribution in [1.29, 1.82) is 0 Å². The van der Waals surface area contributed by atoms with Gasteiger partial charge >= 0.3 is 6.16 Å². The van der Waals surface area contributed by atoms with Gasteiger partial charge in [0.1, 0.15) is 13.2 Å². The first-order valence-electron chi connectivity index (χ1n) is 4.68. The molecule has 6 nitrogen and oxygen atoms in total. The molecule has 18 heavy (non-hydrogen) atoms. The van der Waals surface area contributed by atoms with Crippen LogP contribution >= 0.6 is 0 Å². The molecule has 0 N–H and O–H groups in total. The summed E-state index contributed by atoms with van der Waals surface area (Å²) in [6, 6.07) is 0. The Kier molecular flexibility index (Phi) is 7.73. The van der Waals surface area contributed by atoms with Gasteiger partial charge in [0.25, 0.3) is 0 Å². The second-order valence-corrected chi connectivity index (χ2v) is 2.96. The van der Waals surface area contributed by atoms with Crippen LogP contribution in [0.4, 0.5) is 0 Å². The van der Waals surface area contributed by atoms with Crippen LogP contribution in [-0.2, 0) is 50.6 Å². The summed E-state index contributed by atoms with van der Waals surface area (Å²) >= 11 is 0. The maximum Gasteiger partial charge on any atom is 0.468 e. The third-order valence-corrected chi connectivity index (χ3v) is 1.39. The summed E-state index contributed by atoms with van der Waals surface area (Å²) in [7, 11) is 0. The van der Waals surface area contributed by atoms with Gasteiger partial charge in [0.2, 0.25) is 11.6 Å². The average Bonchev–Trinajstić information content (AvgIpc) is 3.00. The Morgan fingerprint density at radius 3 is 1.67 bits per heavy atom. The monoisotopic (exact) mass is 286 g/mol. The van der Waals surface area contributed by atoms with Crippen molar-refractivity contribution in [3.8, 4) is 23.7 Å². The maximum absolute atomic E-state index is 10.5. The normalized spacial score (nSPS) is 14.1. The van der Waals surface area contributed by atoms with E-state index in [1.165, 1.54) is 13.8 Å². The van der Waals surface area contributed by atoms with Gasteiger partial charge in [0, 0.05) is 35.6 Å². The molecule has 94 valence electrons. The maximum atomic E-state index is 10.5. The molecular formula is C11H10O6Ti. The Bertz CT molecular complexity index is 394. The van der Waals surface area contributed by atoms with Crippen molar-refractivity contribution in [3.63, 3.8) is 0 Å². The molecule has 0 atom stereocenters. The molecule has 0 saturated carbocycles. The first-order valence-corrected chi connectivity index (χ1v) is 4.68. The van der Waals surface area contributed by atoms with E-state index in [0.717, 1.165) is 0 Å². The SMILES string of the molecule is CC(=O)C#CCOC1(OCC#CC(C)=O)OO1.[Ti]. The number of ether oxygens (including phenoxy) is 2. The molecule has 1 rings (SSSR count). The number of Topliss-reactive ketones (excluding diaryl/α,β-unsaturated/α-hetero) is 2. The first-order chi connectivity index (χ1) is 8.04. The van der Waals surface area contributed by atoms with Crippen LogP contribution in [0, 0.1) is 23.7 Å². The first kappa shape index (κ1) is 17.0. The number of hydrogen-bond acceptors (Lipinski definition) is 6. The molecule has 0 spiro atoms. The van der Waals surface area contributed by atoms with E-state index in [2.05, 4.69) is 33.5 Å². The van der Waals surface area contributed by atoms with Gasteiger partial charge < -0.3 is 0 Å². The van der Waals surface area contributed by atoms with Gasteiger partial charge in [-0.15, -0.1) is 9.78 Å². The molecular weight excluding hydrogens is 276 g/mol. The van der Waals surface area contributed by atoms with Crippen LogP contribution in [0.25, 0.3) is 0 Å². The van der Waals surface area contributed by atoms with Crippen LogP contribution in [0.15, 0.2) is 0 Å². The summed E-state index contributed by atoms with van der Waals surface area (Å²) in [4.78, 5) is 29.9. The van der Waals surface area contributed by atoms with Crippen molar-refractivity contribution in [3.05, 3.63) is 0 Å². The molecule has 1 saturated heterocycles. The van der Waals surface area contributed by atoms with Gasteiger partial charge in [-0.3, -0.25) is 19.1 Å². The zero-order valence-electron chi connectivity index (χ0n) is 9.86. The summed E-state index contributed by atoms with van der Waals surface area (Å²) in [6.45, 7) is 2.50. The van der Waals surface area contributed by atoms with E-state index in [1.807, 2.05) is 0 Å². The molecule has 0 aromatic heterocycles. The van der Waals surface area contributed by atoms with E-state index >= 15 is 0 Å². The predicted molar refractivity (Wildman–Crippen MR) is 53.7 cm³/mol. The zero-order valence-corrected chi connectivity index (χ0v) is 11.4. The fourth-order valence-corrected chi connectivity index (χ4v) is 0.742. The number of carbonyl (C=O) groups is 2. The molecule has 0 aromatic rings. The van der Waals surface area contributed by atoms with Crippen molar-refractivity contribution in [2.45, 2.75) is 20.0 Å². The summed E-state index contributed by atoms with van der Waals surface area (Å²) in [5.41, 5.74) is 0. The fraction of sp³-hybridized carbons (Fsp3) is 0.455. The van der Waals surface area contributed by atoms with Gasteiger partial charge in [-0.2, -0.15) is 0 Å².